The first-order valence-electron chi connectivity index (χ1n) is 7.13. The fourth-order valence-corrected chi connectivity index (χ4v) is 2.37. The predicted octanol–water partition coefficient (Wildman–Crippen LogP) is 4.97. The Hall–Kier alpha value is -1.89. The minimum Gasteiger partial charge on any atom is -0.293 e. The van der Waals surface area contributed by atoms with Crippen LogP contribution in [0, 0.1) is 0 Å². The average Bonchev–Trinajstić information content (AvgIpc) is 2.47. The first kappa shape index (κ1) is 14.5. The molecule has 0 amide bonds. The van der Waals surface area contributed by atoms with Gasteiger partial charge in [-0.05, 0) is 30.9 Å². The van der Waals surface area contributed by atoms with Gasteiger partial charge in [-0.2, -0.15) is 0 Å². The number of benzene rings is 2. The summed E-state index contributed by atoms with van der Waals surface area (Å²) < 4.78 is 0. The molecule has 0 saturated heterocycles. The quantitative estimate of drug-likeness (QED) is 0.714. The van der Waals surface area contributed by atoms with Crippen LogP contribution < -0.4 is 0 Å². The largest absolute Gasteiger partial charge is 0.293 e. The molecule has 0 aliphatic carbocycles. The lowest BCUT2D eigenvalue weighted by Crippen LogP contribution is -2.29. The molecule has 0 heterocycles. The number of carbonyl (C=O) groups is 1. The van der Waals surface area contributed by atoms with Crippen molar-refractivity contribution in [1.82, 2.24) is 0 Å². The predicted molar refractivity (Wildman–Crippen MR) is 84.3 cm³/mol. The number of Topliss-reactive ketones (excluding diaryl/α,β-unsaturated/α-hetero) is 1. The normalized spacial score (nSPS) is 11.7. The number of hydrogen-bond donors (Lipinski definition) is 0. The third kappa shape index (κ3) is 2.82. The highest BCUT2D eigenvalue weighted by Crippen LogP contribution is 2.28. The van der Waals surface area contributed by atoms with Crippen LogP contribution in [0.4, 0.5) is 0 Å². The van der Waals surface area contributed by atoms with E-state index in [-0.39, 0.29) is 5.78 Å². The molecular weight excluding hydrogens is 244 g/mol. The molecule has 2 aromatic rings. The summed E-state index contributed by atoms with van der Waals surface area (Å²) in [6.45, 7) is 8.29. The van der Waals surface area contributed by atoms with Gasteiger partial charge in [0.1, 0.15) is 0 Å². The van der Waals surface area contributed by atoms with Gasteiger partial charge in [-0.1, -0.05) is 68.4 Å². The van der Waals surface area contributed by atoms with Crippen LogP contribution in [0.3, 0.4) is 0 Å². The second-order valence-electron chi connectivity index (χ2n) is 6.10. The van der Waals surface area contributed by atoms with Gasteiger partial charge >= 0.3 is 0 Å². The van der Waals surface area contributed by atoms with E-state index in [0.29, 0.717) is 5.92 Å². The summed E-state index contributed by atoms with van der Waals surface area (Å²) in [5.74, 6) is 0.653. The third-order valence-corrected chi connectivity index (χ3v) is 3.90. The number of carbonyl (C=O) groups excluding carboxylic acids is 1. The van der Waals surface area contributed by atoms with Gasteiger partial charge in [-0.25, -0.2) is 0 Å². The Balaban J connectivity index is 2.31. The second-order valence-corrected chi connectivity index (χ2v) is 6.10. The van der Waals surface area contributed by atoms with Gasteiger partial charge in [0.2, 0.25) is 0 Å². The van der Waals surface area contributed by atoms with Crippen LogP contribution in [0.2, 0.25) is 0 Å². The SMILES string of the molecule is CC(C)c1ccc(C(=O)C(C)(C)c2ccccc2)cc1. The molecule has 0 bridgehead atoms. The molecule has 20 heavy (non-hydrogen) atoms. The summed E-state index contributed by atoms with van der Waals surface area (Å²) in [7, 11) is 0. The summed E-state index contributed by atoms with van der Waals surface area (Å²) in [4.78, 5) is 12.7. The van der Waals surface area contributed by atoms with Crippen molar-refractivity contribution >= 4 is 5.78 Å². The lowest BCUT2D eigenvalue weighted by Gasteiger charge is -2.24. The highest BCUT2D eigenvalue weighted by molar-refractivity contribution is 6.03. The topological polar surface area (TPSA) is 17.1 Å². The molecule has 0 unspecified atom stereocenters. The van der Waals surface area contributed by atoms with Crippen molar-refractivity contribution in [3.05, 3.63) is 71.3 Å². The van der Waals surface area contributed by atoms with Crippen molar-refractivity contribution < 1.29 is 4.79 Å². The molecule has 2 rings (SSSR count). The van der Waals surface area contributed by atoms with Gasteiger partial charge in [0.25, 0.3) is 0 Å². The Morgan fingerprint density at radius 3 is 1.95 bits per heavy atom. The molecule has 1 nitrogen and oxygen atoms in total. The zero-order valence-corrected chi connectivity index (χ0v) is 12.7. The van der Waals surface area contributed by atoms with Crippen LogP contribution in [0.1, 0.15) is 55.1 Å². The van der Waals surface area contributed by atoms with E-state index in [4.69, 9.17) is 0 Å². The minimum absolute atomic E-state index is 0.166. The van der Waals surface area contributed by atoms with Crippen LogP contribution >= 0.6 is 0 Å². The lowest BCUT2D eigenvalue weighted by atomic mass is 9.78. The molecule has 1 heteroatoms. The van der Waals surface area contributed by atoms with E-state index < -0.39 is 5.41 Å². The molecule has 0 fully saturated rings. The van der Waals surface area contributed by atoms with Gasteiger partial charge in [0, 0.05) is 5.56 Å². The number of rotatable bonds is 4. The van der Waals surface area contributed by atoms with E-state index in [1.54, 1.807) is 0 Å². The van der Waals surface area contributed by atoms with E-state index in [9.17, 15) is 4.79 Å². The van der Waals surface area contributed by atoms with Crippen molar-refractivity contribution in [2.24, 2.45) is 0 Å². The van der Waals surface area contributed by atoms with E-state index in [2.05, 4.69) is 26.0 Å². The zero-order chi connectivity index (χ0) is 14.8. The molecule has 0 aliphatic rings. The number of hydrogen-bond acceptors (Lipinski definition) is 1. The van der Waals surface area contributed by atoms with Crippen LogP contribution in [-0.2, 0) is 5.41 Å². The molecule has 0 saturated carbocycles. The van der Waals surface area contributed by atoms with Crippen molar-refractivity contribution in [3.63, 3.8) is 0 Å². The Bertz CT molecular complexity index is 577. The third-order valence-electron chi connectivity index (χ3n) is 3.90. The van der Waals surface area contributed by atoms with Crippen LogP contribution in [0.15, 0.2) is 54.6 Å². The molecule has 0 aromatic heterocycles. The smallest absolute Gasteiger partial charge is 0.172 e. The summed E-state index contributed by atoms with van der Waals surface area (Å²) in [5, 5.41) is 0. The van der Waals surface area contributed by atoms with Crippen LogP contribution in [0.25, 0.3) is 0 Å². The number of ketones is 1. The fourth-order valence-electron chi connectivity index (χ4n) is 2.37. The second kappa shape index (κ2) is 5.62. The van der Waals surface area contributed by atoms with E-state index in [1.807, 2.05) is 56.3 Å². The highest BCUT2D eigenvalue weighted by atomic mass is 16.1. The standard InChI is InChI=1S/C19H22O/c1-14(2)15-10-12-16(13-11-15)18(20)19(3,4)17-8-6-5-7-9-17/h5-14H,1-4H3. The monoisotopic (exact) mass is 266 g/mol. The van der Waals surface area contributed by atoms with Crippen molar-refractivity contribution in [3.8, 4) is 0 Å². The van der Waals surface area contributed by atoms with Gasteiger partial charge in [0.05, 0.1) is 5.41 Å². The molecule has 104 valence electrons. The van der Waals surface area contributed by atoms with E-state index in [0.717, 1.165) is 11.1 Å². The maximum absolute atomic E-state index is 12.7. The summed E-state index contributed by atoms with van der Waals surface area (Å²) >= 11 is 0. The molecule has 0 N–H and O–H groups in total. The fraction of sp³-hybridized carbons (Fsp3) is 0.316. The van der Waals surface area contributed by atoms with Crippen molar-refractivity contribution in [1.29, 1.82) is 0 Å². The van der Waals surface area contributed by atoms with Gasteiger partial charge in [-0.3, -0.25) is 4.79 Å². The first-order valence-corrected chi connectivity index (χ1v) is 7.13. The van der Waals surface area contributed by atoms with Gasteiger partial charge < -0.3 is 0 Å². The van der Waals surface area contributed by atoms with Crippen molar-refractivity contribution in [2.45, 2.75) is 39.0 Å². The van der Waals surface area contributed by atoms with E-state index in [1.165, 1.54) is 5.56 Å². The molecular formula is C19H22O. The lowest BCUT2D eigenvalue weighted by molar-refractivity contribution is 0.0908. The minimum atomic E-state index is -0.499. The van der Waals surface area contributed by atoms with Crippen molar-refractivity contribution in [2.75, 3.05) is 0 Å². The maximum atomic E-state index is 12.7. The Labute approximate surface area is 121 Å². The maximum Gasteiger partial charge on any atom is 0.172 e. The Morgan fingerprint density at radius 2 is 1.45 bits per heavy atom. The zero-order valence-electron chi connectivity index (χ0n) is 12.7. The summed E-state index contributed by atoms with van der Waals surface area (Å²) in [6, 6.07) is 18.0. The molecule has 0 aliphatic heterocycles. The Kier molecular flexibility index (Phi) is 4.08. The molecule has 0 radical (unpaired) electrons. The molecule has 0 spiro atoms. The van der Waals surface area contributed by atoms with Crippen LogP contribution in [0.5, 0.6) is 0 Å². The van der Waals surface area contributed by atoms with E-state index >= 15 is 0 Å². The average molecular weight is 266 g/mol. The summed E-state index contributed by atoms with van der Waals surface area (Å²) in [5.41, 5.74) is 2.60. The summed E-state index contributed by atoms with van der Waals surface area (Å²) in [6.07, 6.45) is 0. The van der Waals surface area contributed by atoms with Crippen LogP contribution in [-0.4, -0.2) is 5.78 Å². The Morgan fingerprint density at radius 1 is 0.900 bits per heavy atom. The van der Waals surface area contributed by atoms with Gasteiger partial charge in [-0.15, -0.1) is 0 Å². The van der Waals surface area contributed by atoms with Gasteiger partial charge in [0.15, 0.2) is 5.78 Å². The highest BCUT2D eigenvalue weighted by Gasteiger charge is 2.30. The molecule has 0 atom stereocenters. The molecule has 2 aromatic carbocycles. The first-order chi connectivity index (χ1) is 9.43.